The minimum atomic E-state index is -3.09. The molecule has 0 aliphatic carbocycles. The predicted molar refractivity (Wildman–Crippen MR) is 92.5 cm³/mol. The van der Waals surface area contributed by atoms with E-state index in [2.05, 4.69) is 5.10 Å². The summed E-state index contributed by atoms with van der Waals surface area (Å²) in [5.41, 5.74) is 3.94. The second-order valence-corrected chi connectivity index (χ2v) is 6.10. The molecule has 0 saturated heterocycles. The Bertz CT molecular complexity index is 1030. The standard InChI is InChI=1S/C18H12ClF4N3O/c1-26-16(13(18(24)27)15(25-26)17(22)23)12-10(6-7-11(19)14(12)21)8-2-4-9(20)5-3-8/h2-7,17H,1H3,(H2,24,27). The van der Waals surface area contributed by atoms with Crippen molar-refractivity contribution in [2.24, 2.45) is 12.8 Å². The minimum absolute atomic E-state index is 0.211. The van der Waals surface area contributed by atoms with Crippen molar-refractivity contribution in [3.05, 3.63) is 64.3 Å². The lowest BCUT2D eigenvalue weighted by Gasteiger charge is -2.14. The van der Waals surface area contributed by atoms with Crippen molar-refractivity contribution in [1.82, 2.24) is 9.78 Å². The summed E-state index contributed by atoms with van der Waals surface area (Å²) in [4.78, 5) is 11.9. The Morgan fingerprint density at radius 2 is 1.78 bits per heavy atom. The van der Waals surface area contributed by atoms with E-state index in [1.165, 1.54) is 31.3 Å². The van der Waals surface area contributed by atoms with Gasteiger partial charge < -0.3 is 5.73 Å². The first-order valence-electron chi connectivity index (χ1n) is 7.61. The highest BCUT2D eigenvalue weighted by molar-refractivity contribution is 6.31. The molecule has 3 rings (SSSR count). The fourth-order valence-corrected chi connectivity index (χ4v) is 3.04. The van der Waals surface area contributed by atoms with Crippen molar-refractivity contribution in [2.45, 2.75) is 6.43 Å². The molecule has 0 unspecified atom stereocenters. The molecule has 1 aromatic heterocycles. The highest BCUT2D eigenvalue weighted by atomic mass is 35.5. The molecule has 4 nitrogen and oxygen atoms in total. The van der Waals surface area contributed by atoms with Crippen molar-refractivity contribution in [2.75, 3.05) is 0 Å². The maximum atomic E-state index is 15.0. The molecule has 3 aromatic rings. The smallest absolute Gasteiger partial charge is 0.282 e. The number of alkyl halides is 2. The zero-order chi connectivity index (χ0) is 19.9. The lowest BCUT2D eigenvalue weighted by molar-refractivity contribution is 0.0985. The van der Waals surface area contributed by atoms with Gasteiger partial charge in [-0.25, -0.2) is 17.6 Å². The van der Waals surface area contributed by atoms with Crippen LogP contribution in [0.5, 0.6) is 0 Å². The van der Waals surface area contributed by atoms with Gasteiger partial charge in [0.05, 0.1) is 16.3 Å². The van der Waals surface area contributed by atoms with Gasteiger partial charge >= 0.3 is 0 Å². The summed E-state index contributed by atoms with van der Waals surface area (Å²) in [6, 6.07) is 7.80. The average Bonchev–Trinajstić information content (AvgIpc) is 2.95. The molecule has 1 amide bonds. The number of aryl methyl sites for hydroxylation is 1. The van der Waals surface area contributed by atoms with Gasteiger partial charge in [-0.3, -0.25) is 9.48 Å². The van der Waals surface area contributed by atoms with Crippen LogP contribution in [0.4, 0.5) is 17.6 Å². The third kappa shape index (κ3) is 3.28. The van der Waals surface area contributed by atoms with Crippen LogP contribution in [0, 0.1) is 11.6 Å². The maximum absolute atomic E-state index is 15.0. The van der Waals surface area contributed by atoms with Crippen LogP contribution in [0.1, 0.15) is 22.5 Å². The molecule has 1 heterocycles. The van der Waals surface area contributed by atoms with Crippen molar-refractivity contribution in [3.63, 3.8) is 0 Å². The van der Waals surface area contributed by atoms with Gasteiger partial charge in [0.1, 0.15) is 11.5 Å². The largest absolute Gasteiger partial charge is 0.365 e. The van der Waals surface area contributed by atoms with E-state index >= 15 is 0 Å². The van der Waals surface area contributed by atoms with Crippen LogP contribution in [-0.4, -0.2) is 15.7 Å². The van der Waals surface area contributed by atoms with Gasteiger partial charge in [-0.05, 0) is 29.3 Å². The van der Waals surface area contributed by atoms with E-state index in [1.54, 1.807) is 0 Å². The molecular formula is C18H12ClF4N3O. The van der Waals surface area contributed by atoms with Crippen molar-refractivity contribution >= 4 is 17.5 Å². The summed E-state index contributed by atoms with van der Waals surface area (Å²) in [7, 11) is 1.28. The molecule has 0 aliphatic heterocycles. The number of carbonyl (C=O) groups excluding carboxylic acids is 1. The van der Waals surface area contributed by atoms with E-state index in [1.807, 2.05) is 0 Å². The SMILES string of the molecule is Cn1nc(C(F)F)c(C(N)=O)c1-c1c(-c2ccc(F)cc2)ccc(Cl)c1F. The van der Waals surface area contributed by atoms with E-state index in [4.69, 9.17) is 17.3 Å². The molecule has 27 heavy (non-hydrogen) atoms. The molecule has 0 aliphatic rings. The number of amides is 1. The highest BCUT2D eigenvalue weighted by Crippen LogP contribution is 2.40. The molecular weight excluding hydrogens is 386 g/mol. The number of aromatic nitrogens is 2. The quantitative estimate of drug-likeness (QED) is 0.647. The van der Waals surface area contributed by atoms with Crippen molar-refractivity contribution in [1.29, 1.82) is 0 Å². The number of benzene rings is 2. The van der Waals surface area contributed by atoms with Gasteiger partial charge in [-0.1, -0.05) is 29.8 Å². The lowest BCUT2D eigenvalue weighted by atomic mass is 9.94. The number of halogens is 5. The van der Waals surface area contributed by atoms with Crippen LogP contribution in [0.3, 0.4) is 0 Å². The number of rotatable bonds is 4. The van der Waals surface area contributed by atoms with E-state index in [9.17, 15) is 22.4 Å². The number of hydrogen-bond acceptors (Lipinski definition) is 2. The van der Waals surface area contributed by atoms with Gasteiger partial charge in [-0.15, -0.1) is 0 Å². The summed E-state index contributed by atoms with van der Waals surface area (Å²) in [6.07, 6.45) is -3.09. The maximum Gasteiger partial charge on any atom is 0.282 e. The second-order valence-electron chi connectivity index (χ2n) is 5.69. The predicted octanol–water partition coefficient (Wildman–Crippen LogP) is 4.72. The number of nitrogens with zero attached hydrogens (tertiary/aromatic N) is 2. The molecule has 140 valence electrons. The number of carbonyl (C=O) groups is 1. The second kappa shape index (κ2) is 7.03. The van der Waals surface area contributed by atoms with E-state index in [0.29, 0.717) is 5.56 Å². The van der Waals surface area contributed by atoms with Crippen LogP contribution in [-0.2, 0) is 7.05 Å². The Morgan fingerprint density at radius 1 is 1.15 bits per heavy atom. The molecule has 9 heteroatoms. The van der Waals surface area contributed by atoms with Gasteiger partial charge in [0.15, 0.2) is 5.82 Å². The third-order valence-electron chi connectivity index (χ3n) is 4.01. The number of primary amides is 1. The molecule has 0 saturated carbocycles. The Labute approximate surface area is 156 Å². The zero-order valence-electron chi connectivity index (χ0n) is 13.8. The zero-order valence-corrected chi connectivity index (χ0v) is 14.6. The Hall–Kier alpha value is -2.87. The van der Waals surface area contributed by atoms with Crippen LogP contribution in [0.2, 0.25) is 5.02 Å². The van der Waals surface area contributed by atoms with Crippen LogP contribution in [0.15, 0.2) is 36.4 Å². The number of nitrogens with two attached hydrogens (primary N) is 1. The molecule has 2 N–H and O–H groups in total. The summed E-state index contributed by atoms with van der Waals surface area (Å²) < 4.78 is 55.7. The minimum Gasteiger partial charge on any atom is -0.365 e. The molecule has 0 radical (unpaired) electrons. The summed E-state index contributed by atoms with van der Waals surface area (Å²) in [6.45, 7) is 0. The summed E-state index contributed by atoms with van der Waals surface area (Å²) >= 11 is 5.87. The number of hydrogen-bond donors (Lipinski definition) is 1. The van der Waals surface area contributed by atoms with Crippen LogP contribution in [0.25, 0.3) is 22.4 Å². The average molecular weight is 398 g/mol. The third-order valence-corrected chi connectivity index (χ3v) is 4.31. The topological polar surface area (TPSA) is 60.9 Å². The molecule has 0 fully saturated rings. The normalized spacial score (nSPS) is 11.2. The molecule has 0 atom stereocenters. The first-order valence-corrected chi connectivity index (χ1v) is 7.99. The van der Waals surface area contributed by atoms with Crippen molar-refractivity contribution < 1.29 is 22.4 Å². The van der Waals surface area contributed by atoms with E-state index in [0.717, 1.165) is 16.8 Å². The van der Waals surface area contributed by atoms with E-state index < -0.39 is 35.2 Å². The van der Waals surface area contributed by atoms with Gasteiger partial charge in [0, 0.05) is 12.6 Å². The first-order chi connectivity index (χ1) is 12.7. The van der Waals surface area contributed by atoms with Gasteiger partial charge in [0.25, 0.3) is 12.3 Å². The Kier molecular flexibility index (Phi) is 4.93. The summed E-state index contributed by atoms with van der Waals surface area (Å²) in [5, 5.41) is 3.34. The van der Waals surface area contributed by atoms with E-state index in [-0.39, 0.29) is 21.8 Å². The van der Waals surface area contributed by atoms with Gasteiger partial charge in [0.2, 0.25) is 0 Å². The van der Waals surface area contributed by atoms with Gasteiger partial charge in [-0.2, -0.15) is 5.10 Å². The first kappa shape index (κ1) is 18.9. The van der Waals surface area contributed by atoms with Crippen LogP contribution >= 0.6 is 11.6 Å². The summed E-state index contributed by atoms with van der Waals surface area (Å²) in [5.74, 6) is -2.63. The Morgan fingerprint density at radius 3 is 2.33 bits per heavy atom. The van der Waals surface area contributed by atoms with Crippen LogP contribution < -0.4 is 5.73 Å². The monoisotopic (exact) mass is 397 g/mol. The fraction of sp³-hybridized carbons (Fsp3) is 0.111. The molecule has 2 aromatic carbocycles. The molecule has 0 bridgehead atoms. The Balaban J connectivity index is 2.40. The fourth-order valence-electron chi connectivity index (χ4n) is 2.88. The lowest BCUT2D eigenvalue weighted by Crippen LogP contribution is -2.15. The van der Waals surface area contributed by atoms with Crippen molar-refractivity contribution in [3.8, 4) is 22.4 Å². The molecule has 0 spiro atoms. The highest BCUT2D eigenvalue weighted by Gasteiger charge is 2.30.